The van der Waals surface area contributed by atoms with Gasteiger partial charge in [0.25, 0.3) is 0 Å². The van der Waals surface area contributed by atoms with E-state index in [1.165, 1.54) is 0 Å². The number of hydrogen-bond acceptors (Lipinski definition) is 3. The average Bonchev–Trinajstić information content (AvgIpc) is 2.26. The van der Waals surface area contributed by atoms with Gasteiger partial charge in [0.05, 0.1) is 11.9 Å². The molecule has 5 heteroatoms. The zero-order valence-electron chi connectivity index (χ0n) is 9.54. The van der Waals surface area contributed by atoms with E-state index in [1.54, 1.807) is 0 Å². The minimum atomic E-state index is -3.22. The van der Waals surface area contributed by atoms with Crippen molar-refractivity contribution in [1.29, 1.82) is 0 Å². The SMILES string of the molecule is O=S(=O)(CCc1ccccc1)NC1CC(O)C1. The fourth-order valence-electron chi connectivity index (χ4n) is 1.89. The van der Waals surface area contributed by atoms with E-state index in [4.69, 9.17) is 5.11 Å². The molecule has 0 bridgehead atoms. The number of aryl methyl sites for hydroxylation is 1. The van der Waals surface area contributed by atoms with Crippen molar-refractivity contribution in [1.82, 2.24) is 4.72 Å². The van der Waals surface area contributed by atoms with Crippen LogP contribution in [-0.2, 0) is 16.4 Å². The van der Waals surface area contributed by atoms with E-state index in [0.717, 1.165) is 5.56 Å². The smallest absolute Gasteiger partial charge is 0.212 e. The highest BCUT2D eigenvalue weighted by atomic mass is 32.2. The second kappa shape index (κ2) is 5.16. The highest BCUT2D eigenvalue weighted by molar-refractivity contribution is 7.89. The van der Waals surface area contributed by atoms with Crippen LogP contribution in [0.3, 0.4) is 0 Å². The first-order valence-electron chi connectivity index (χ1n) is 5.77. The molecule has 1 fully saturated rings. The Morgan fingerprint density at radius 1 is 1.24 bits per heavy atom. The Balaban J connectivity index is 1.81. The highest BCUT2D eigenvalue weighted by Gasteiger charge is 2.30. The van der Waals surface area contributed by atoms with Crippen molar-refractivity contribution in [2.24, 2.45) is 0 Å². The molecule has 2 N–H and O–H groups in total. The van der Waals surface area contributed by atoms with Gasteiger partial charge in [0.2, 0.25) is 10.0 Å². The zero-order chi connectivity index (χ0) is 12.3. The summed E-state index contributed by atoms with van der Waals surface area (Å²) in [5, 5.41) is 9.09. The molecular weight excluding hydrogens is 238 g/mol. The lowest BCUT2D eigenvalue weighted by Crippen LogP contribution is -2.47. The fraction of sp³-hybridized carbons (Fsp3) is 0.500. The molecule has 0 unspecified atom stereocenters. The van der Waals surface area contributed by atoms with Gasteiger partial charge < -0.3 is 5.11 Å². The summed E-state index contributed by atoms with van der Waals surface area (Å²) in [6, 6.07) is 9.47. The van der Waals surface area contributed by atoms with Gasteiger partial charge in [0.1, 0.15) is 0 Å². The first-order chi connectivity index (χ1) is 8.05. The van der Waals surface area contributed by atoms with E-state index < -0.39 is 10.0 Å². The van der Waals surface area contributed by atoms with Crippen LogP contribution in [0.25, 0.3) is 0 Å². The van der Waals surface area contributed by atoms with E-state index in [1.807, 2.05) is 30.3 Å². The highest BCUT2D eigenvalue weighted by Crippen LogP contribution is 2.20. The molecule has 0 radical (unpaired) electrons. The van der Waals surface area contributed by atoms with E-state index >= 15 is 0 Å². The van der Waals surface area contributed by atoms with E-state index in [9.17, 15) is 8.42 Å². The van der Waals surface area contributed by atoms with Gasteiger partial charge in [-0.3, -0.25) is 0 Å². The number of sulfonamides is 1. The van der Waals surface area contributed by atoms with Crippen LogP contribution in [0.4, 0.5) is 0 Å². The van der Waals surface area contributed by atoms with E-state index in [2.05, 4.69) is 4.72 Å². The maximum atomic E-state index is 11.7. The van der Waals surface area contributed by atoms with Crippen LogP contribution in [0.1, 0.15) is 18.4 Å². The summed E-state index contributed by atoms with van der Waals surface area (Å²) in [4.78, 5) is 0. The zero-order valence-corrected chi connectivity index (χ0v) is 10.4. The Kier molecular flexibility index (Phi) is 3.81. The second-order valence-corrected chi connectivity index (χ2v) is 6.37. The number of aliphatic hydroxyl groups is 1. The summed E-state index contributed by atoms with van der Waals surface area (Å²) in [7, 11) is -3.22. The molecule has 17 heavy (non-hydrogen) atoms. The molecule has 0 aromatic heterocycles. The lowest BCUT2D eigenvalue weighted by Gasteiger charge is -2.31. The van der Waals surface area contributed by atoms with Crippen LogP contribution < -0.4 is 4.72 Å². The molecule has 1 aliphatic rings. The van der Waals surface area contributed by atoms with E-state index in [-0.39, 0.29) is 17.9 Å². The molecule has 0 spiro atoms. The molecule has 0 saturated heterocycles. The van der Waals surface area contributed by atoms with Gasteiger partial charge >= 0.3 is 0 Å². The molecule has 0 amide bonds. The van der Waals surface area contributed by atoms with Crippen molar-refractivity contribution >= 4 is 10.0 Å². The number of nitrogens with one attached hydrogen (secondary N) is 1. The third-order valence-electron chi connectivity index (χ3n) is 2.96. The Labute approximate surface area is 102 Å². The van der Waals surface area contributed by atoms with Gasteiger partial charge in [-0.25, -0.2) is 13.1 Å². The summed E-state index contributed by atoms with van der Waals surface area (Å²) in [6.07, 6.45) is 1.25. The van der Waals surface area contributed by atoms with Crippen LogP contribution in [-0.4, -0.2) is 31.4 Å². The third kappa shape index (κ3) is 3.80. The maximum absolute atomic E-state index is 11.7. The van der Waals surface area contributed by atoms with Crippen molar-refractivity contribution in [3.8, 4) is 0 Å². The van der Waals surface area contributed by atoms with Crippen molar-refractivity contribution < 1.29 is 13.5 Å². The fourth-order valence-corrected chi connectivity index (χ4v) is 3.22. The van der Waals surface area contributed by atoms with Gasteiger partial charge in [0.15, 0.2) is 0 Å². The summed E-state index contributed by atoms with van der Waals surface area (Å²) in [6.45, 7) is 0. The lowest BCUT2D eigenvalue weighted by molar-refractivity contribution is 0.0712. The Morgan fingerprint density at radius 3 is 2.47 bits per heavy atom. The molecule has 0 heterocycles. The largest absolute Gasteiger partial charge is 0.393 e. The van der Waals surface area contributed by atoms with Crippen molar-refractivity contribution in [2.45, 2.75) is 31.4 Å². The van der Waals surface area contributed by atoms with Crippen LogP contribution in [0.5, 0.6) is 0 Å². The number of aliphatic hydroxyl groups excluding tert-OH is 1. The molecule has 0 atom stereocenters. The Hall–Kier alpha value is -0.910. The third-order valence-corrected chi connectivity index (χ3v) is 4.40. The molecule has 1 aromatic rings. The van der Waals surface area contributed by atoms with Crippen molar-refractivity contribution in [3.63, 3.8) is 0 Å². The maximum Gasteiger partial charge on any atom is 0.212 e. The predicted molar refractivity (Wildman–Crippen MR) is 66.1 cm³/mol. The van der Waals surface area contributed by atoms with Gasteiger partial charge in [-0.15, -0.1) is 0 Å². The summed E-state index contributed by atoms with van der Waals surface area (Å²) < 4.78 is 26.0. The summed E-state index contributed by atoms with van der Waals surface area (Å²) in [5.74, 6) is 0.101. The lowest BCUT2D eigenvalue weighted by atomic mass is 9.91. The van der Waals surface area contributed by atoms with Crippen LogP contribution in [0.2, 0.25) is 0 Å². The van der Waals surface area contributed by atoms with Crippen LogP contribution >= 0.6 is 0 Å². The standard InChI is InChI=1S/C12H17NO3S/c14-12-8-11(9-12)13-17(15,16)7-6-10-4-2-1-3-5-10/h1-5,11-14H,6-9H2. The van der Waals surface area contributed by atoms with Crippen molar-refractivity contribution in [3.05, 3.63) is 35.9 Å². The summed E-state index contributed by atoms with van der Waals surface area (Å²) in [5.41, 5.74) is 1.02. The molecular formula is C12H17NO3S. The quantitative estimate of drug-likeness (QED) is 0.813. The summed E-state index contributed by atoms with van der Waals surface area (Å²) >= 11 is 0. The van der Waals surface area contributed by atoms with Crippen molar-refractivity contribution in [2.75, 3.05) is 5.75 Å². The number of hydrogen-bond donors (Lipinski definition) is 2. The average molecular weight is 255 g/mol. The molecule has 1 saturated carbocycles. The predicted octanol–water partition coefficient (Wildman–Crippen LogP) is 0.672. The van der Waals surface area contributed by atoms with Crippen LogP contribution in [0, 0.1) is 0 Å². The molecule has 1 aliphatic carbocycles. The molecule has 1 aromatic carbocycles. The van der Waals surface area contributed by atoms with Crippen LogP contribution in [0.15, 0.2) is 30.3 Å². The first kappa shape index (κ1) is 12.5. The molecule has 0 aliphatic heterocycles. The topological polar surface area (TPSA) is 66.4 Å². The minimum absolute atomic E-state index is 0.0780. The molecule has 4 nitrogen and oxygen atoms in total. The normalized spacial score (nSPS) is 24.3. The van der Waals surface area contributed by atoms with Gasteiger partial charge in [0, 0.05) is 6.04 Å². The minimum Gasteiger partial charge on any atom is -0.393 e. The van der Waals surface area contributed by atoms with Gasteiger partial charge in [-0.2, -0.15) is 0 Å². The molecule has 2 rings (SSSR count). The van der Waals surface area contributed by atoms with Gasteiger partial charge in [-0.05, 0) is 24.8 Å². The van der Waals surface area contributed by atoms with Gasteiger partial charge in [-0.1, -0.05) is 30.3 Å². The number of rotatable bonds is 5. The number of benzene rings is 1. The Morgan fingerprint density at radius 2 is 1.88 bits per heavy atom. The monoisotopic (exact) mass is 255 g/mol. The molecule has 94 valence electrons. The Bertz CT molecular complexity index is 452. The van der Waals surface area contributed by atoms with E-state index in [0.29, 0.717) is 19.3 Å². The first-order valence-corrected chi connectivity index (χ1v) is 7.42. The second-order valence-electron chi connectivity index (χ2n) is 4.49.